The molecular formula is C10H10ClN3S. The molecule has 0 saturated carbocycles. The number of hydrogen-bond donors (Lipinski definition) is 1. The van der Waals surface area contributed by atoms with Crippen LogP contribution in [0.1, 0.15) is 0 Å². The van der Waals surface area contributed by atoms with Crippen LogP contribution in [0, 0.1) is 0 Å². The van der Waals surface area contributed by atoms with Gasteiger partial charge in [-0.15, -0.1) is 11.8 Å². The number of hydrogen-bond acceptors (Lipinski definition) is 3. The Bertz CT molecular complexity index is 481. The van der Waals surface area contributed by atoms with Crippen molar-refractivity contribution in [3.8, 4) is 5.69 Å². The van der Waals surface area contributed by atoms with E-state index in [1.165, 1.54) is 0 Å². The number of nitrogens with zero attached hydrogens (tertiary/aromatic N) is 2. The molecule has 0 radical (unpaired) electrons. The second kappa shape index (κ2) is 4.16. The molecule has 3 nitrogen and oxygen atoms in total. The van der Waals surface area contributed by atoms with Gasteiger partial charge in [0.05, 0.1) is 5.69 Å². The molecule has 2 N–H and O–H groups in total. The van der Waals surface area contributed by atoms with E-state index in [-0.39, 0.29) is 0 Å². The van der Waals surface area contributed by atoms with Crippen LogP contribution in [0.3, 0.4) is 0 Å². The molecule has 15 heavy (non-hydrogen) atoms. The fourth-order valence-corrected chi connectivity index (χ4v) is 1.87. The number of benzene rings is 1. The summed E-state index contributed by atoms with van der Waals surface area (Å²) in [4.78, 5) is 0. The Hall–Kier alpha value is -1.13. The molecule has 0 aliphatic heterocycles. The minimum absolute atomic E-state index is 0.613. The number of anilines is 1. The topological polar surface area (TPSA) is 43.8 Å². The molecule has 0 amide bonds. The third kappa shape index (κ3) is 2.11. The van der Waals surface area contributed by atoms with E-state index in [2.05, 4.69) is 5.10 Å². The minimum atomic E-state index is 0.613. The molecule has 1 aromatic carbocycles. The van der Waals surface area contributed by atoms with E-state index < -0.39 is 0 Å². The van der Waals surface area contributed by atoms with Crippen molar-refractivity contribution in [1.82, 2.24) is 9.78 Å². The maximum atomic E-state index is 5.90. The standard InChI is InChI=1S/C10H10ClN3S/c1-15-10-6-9(12)14(13-10)8-4-2-3-7(11)5-8/h2-6H,12H2,1H3. The van der Waals surface area contributed by atoms with Crippen LogP contribution in [0.25, 0.3) is 5.69 Å². The second-order valence-electron chi connectivity index (χ2n) is 3.00. The number of halogens is 1. The molecule has 0 aliphatic rings. The van der Waals surface area contributed by atoms with Crippen LogP contribution in [0.5, 0.6) is 0 Å². The van der Waals surface area contributed by atoms with Gasteiger partial charge in [0, 0.05) is 11.1 Å². The van der Waals surface area contributed by atoms with E-state index in [9.17, 15) is 0 Å². The number of nitrogen functional groups attached to an aromatic ring is 1. The van der Waals surface area contributed by atoms with E-state index in [4.69, 9.17) is 17.3 Å². The van der Waals surface area contributed by atoms with Gasteiger partial charge in [-0.1, -0.05) is 17.7 Å². The quantitative estimate of drug-likeness (QED) is 0.820. The summed E-state index contributed by atoms with van der Waals surface area (Å²) in [7, 11) is 0. The van der Waals surface area contributed by atoms with Gasteiger partial charge in [0.15, 0.2) is 0 Å². The summed E-state index contributed by atoms with van der Waals surface area (Å²) in [5.74, 6) is 0.613. The molecule has 0 spiro atoms. The largest absolute Gasteiger partial charge is 0.384 e. The first-order valence-corrected chi connectivity index (χ1v) is 5.96. The highest BCUT2D eigenvalue weighted by molar-refractivity contribution is 7.98. The smallest absolute Gasteiger partial charge is 0.128 e. The van der Waals surface area contributed by atoms with Gasteiger partial charge in [0.25, 0.3) is 0 Å². The lowest BCUT2D eigenvalue weighted by atomic mass is 10.3. The van der Waals surface area contributed by atoms with Gasteiger partial charge < -0.3 is 5.73 Å². The molecule has 0 fully saturated rings. The molecule has 1 heterocycles. The molecule has 2 rings (SSSR count). The van der Waals surface area contributed by atoms with Crippen LogP contribution in [-0.4, -0.2) is 16.0 Å². The highest BCUT2D eigenvalue weighted by Gasteiger charge is 2.05. The Morgan fingerprint density at radius 2 is 2.20 bits per heavy atom. The van der Waals surface area contributed by atoms with Crippen molar-refractivity contribution in [1.29, 1.82) is 0 Å². The lowest BCUT2D eigenvalue weighted by Crippen LogP contribution is -2.01. The van der Waals surface area contributed by atoms with Crippen LogP contribution in [0.2, 0.25) is 5.02 Å². The molecule has 0 atom stereocenters. The zero-order valence-corrected chi connectivity index (χ0v) is 9.72. The van der Waals surface area contributed by atoms with Crippen LogP contribution >= 0.6 is 23.4 Å². The van der Waals surface area contributed by atoms with Crippen molar-refractivity contribution in [2.75, 3.05) is 12.0 Å². The molecule has 1 aromatic heterocycles. The fourth-order valence-electron chi connectivity index (χ4n) is 1.29. The Balaban J connectivity index is 2.48. The highest BCUT2D eigenvalue weighted by atomic mass is 35.5. The first-order chi connectivity index (χ1) is 7.20. The zero-order chi connectivity index (χ0) is 10.8. The van der Waals surface area contributed by atoms with Crippen molar-refractivity contribution in [2.24, 2.45) is 0 Å². The van der Waals surface area contributed by atoms with E-state index in [0.29, 0.717) is 10.8 Å². The average Bonchev–Trinajstić information content (AvgIpc) is 2.60. The number of aromatic nitrogens is 2. The minimum Gasteiger partial charge on any atom is -0.384 e. The molecule has 0 saturated heterocycles. The Morgan fingerprint density at radius 1 is 1.40 bits per heavy atom. The summed E-state index contributed by atoms with van der Waals surface area (Å²) in [6, 6.07) is 9.28. The van der Waals surface area contributed by atoms with Crippen LogP contribution in [0.15, 0.2) is 35.4 Å². The third-order valence-electron chi connectivity index (χ3n) is 1.98. The van der Waals surface area contributed by atoms with Gasteiger partial charge in [-0.2, -0.15) is 5.10 Å². The molecule has 5 heteroatoms. The van der Waals surface area contributed by atoms with Gasteiger partial charge in [-0.3, -0.25) is 0 Å². The van der Waals surface area contributed by atoms with Gasteiger partial charge in [-0.05, 0) is 24.5 Å². The van der Waals surface area contributed by atoms with E-state index in [1.54, 1.807) is 16.4 Å². The van der Waals surface area contributed by atoms with Crippen LogP contribution < -0.4 is 5.73 Å². The molecule has 2 aromatic rings. The van der Waals surface area contributed by atoms with Crippen molar-refractivity contribution >= 4 is 29.2 Å². The first-order valence-electron chi connectivity index (χ1n) is 4.36. The highest BCUT2D eigenvalue weighted by Crippen LogP contribution is 2.21. The van der Waals surface area contributed by atoms with Gasteiger partial charge in [0.2, 0.25) is 0 Å². The van der Waals surface area contributed by atoms with Crippen LogP contribution in [-0.2, 0) is 0 Å². The predicted molar refractivity (Wildman–Crippen MR) is 64.8 cm³/mol. The van der Waals surface area contributed by atoms with Gasteiger partial charge in [0.1, 0.15) is 10.8 Å². The lowest BCUT2D eigenvalue weighted by Gasteiger charge is -2.03. The van der Waals surface area contributed by atoms with Crippen molar-refractivity contribution < 1.29 is 0 Å². The van der Waals surface area contributed by atoms with Gasteiger partial charge >= 0.3 is 0 Å². The Morgan fingerprint density at radius 3 is 2.80 bits per heavy atom. The van der Waals surface area contributed by atoms with E-state index in [1.807, 2.05) is 36.6 Å². The van der Waals surface area contributed by atoms with Crippen LogP contribution in [0.4, 0.5) is 5.82 Å². The number of rotatable bonds is 2. The summed E-state index contributed by atoms with van der Waals surface area (Å²) in [6.07, 6.45) is 1.96. The van der Waals surface area contributed by atoms with Crippen molar-refractivity contribution in [2.45, 2.75) is 5.03 Å². The summed E-state index contributed by atoms with van der Waals surface area (Å²) in [6.45, 7) is 0. The third-order valence-corrected chi connectivity index (χ3v) is 2.83. The van der Waals surface area contributed by atoms with E-state index in [0.717, 1.165) is 10.7 Å². The number of thioether (sulfide) groups is 1. The Kier molecular flexibility index (Phi) is 2.88. The van der Waals surface area contributed by atoms with E-state index >= 15 is 0 Å². The molecule has 0 bridgehead atoms. The normalized spacial score (nSPS) is 10.5. The summed E-state index contributed by atoms with van der Waals surface area (Å²) in [5, 5.41) is 5.91. The van der Waals surface area contributed by atoms with Gasteiger partial charge in [-0.25, -0.2) is 4.68 Å². The van der Waals surface area contributed by atoms with Crippen molar-refractivity contribution in [3.05, 3.63) is 35.4 Å². The Labute approximate surface area is 97.2 Å². The molecule has 0 unspecified atom stereocenters. The maximum Gasteiger partial charge on any atom is 0.128 e. The maximum absolute atomic E-state index is 5.90. The predicted octanol–water partition coefficient (Wildman–Crippen LogP) is 2.83. The molecule has 78 valence electrons. The summed E-state index contributed by atoms with van der Waals surface area (Å²) in [5.41, 5.74) is 6.72. The number of nitrogens with two attached hydrogens (primary N) is 1. The lowest BCUT2D eigenvalue weighted by molar-refractivity contribution is 0.846. The molecule has 0 aliphatic carbocycles. The monoisotopic (exact) mass is 239 g/mol. The SMILES string of the molecule is CSc1cc(N)n(-c2cccc(Cl)c2)n1. The molecular weight excluding hydrogens is 230 g/mol. The summed E-state index contributed by atoms with van der Waals surface area (Å²) < 4.78 is 1.68. The summed E-state index contributed by atoms with van der Waals surface area (Å²) >= 11 is 7.46. The average molecular weight is 240 g/mol. The van der Waals surface area contributed by atoms with Crippen molar-refractivity contribution in [3.63, 3.8) is 0 Å². The fraction of sp³-hybridized carbons (Fsp3) is 0.100. The first kappa shape index (κ1) is 10.4. The second-order valence-corrected chi connectivity index (χ2v) is 4.27. The zero-order valence-electron chi connectivity index (χ0n) is 8.14.